The number of amides is 1. The SMILES string of the molecule is CN(C(=O)CCCOc1ccc(Cl)cc1Cl)C1CCC(O)CC1. The van der Waals surface area contributed by atoms with Crippen molar-refractivity contribution >= 4 is 29.1 Å². The van der Waals surface area contributed by atoms with Gasteiger partial charge in [0.15, 0.2) is 0 Å². The third-order valence-corrected chi connectivity index (χ3v) is 4.82. The summed E-state index contributed by atoms with van der Waals surface area (Å²) in [5, 5.41) is 10.6. The van der Waals surface area contributed by atoms with E-state index >= 15 is 0 Å². The molecule has 128 valence electrons. The van der Waals surface area contributed by atoms with Crippen LogP contribution >= 0.6 is 23.2 Å². The van der Waals surface area contributed by atoms with Crippen LogP contribution in [0.25, 0.3) is 0 Å². The van der Waals surface area contributed by atoms with Crippen LogP contribution < -0.4 is 4.74 Å². The van der Waals surface area contributed by atoms with Gasteiger partial charge in [-0.1, -0.05) is 23.2 Å². The molecule has 1 aliphatic rings. The van der Waals surface area contributed by atoms with Crippen LogP contribution in [0.5, 0.6) is 5.75 Å². The van der Waals surface area contributed by atoms with Crippen molar-refractivity contribution in [3.63, 3.8) is 0 Å². The molecule has 1 amide bonds. The number of ether oxygens (including phenoxy) is 1. The second-order valence-electron chi connectivity index (χ2n) is 5.99. The number of benzene rings is 1. The summed E-state index contributed by atoms with van der Waals surface area (Å²) < 4.78 is 5.59. The summed E-state index contributed by atoms with van der Waals surface area (Å²) in [7, 11) is 1.85. The van der Waals surface area contributed by atoms with Gasteiger partial charge < -0.3 is 14.7 Å². The lowest BCUT2D eigenvalue weighted by atomic mass is 9.92. The Hall–Kier alpha value is -0.970. The zero-order valence-electron chi connectivity index (χ0n) is 13.3. The molecule has 1 N–H and O–H groups in total. The predicted octanol–water partition coefficient (Wildman–Crippen LogP) is 3.91. The monoisotopic (exact) mass is 359 g/mol. The lowest BCUT2D eigenvalue weighted by Crippen LogP contribution is -2.40. The number of nitrogens with zero attached hydrogens (tertiary/aromatic N) is 1. The van der Waals surface area contributed by atoms with Gasteiger partial charge in [-0.3, -0.25) is 4.79 Å². The fourth-order valence-electron chi connectivity index (χ4n) is 2.82. The zero-order chi connectivity index (χ0) is 16.8. The van der Waals surface area contributed by atoms with Gasteiger partial charge in [0, 0.05) is 24.5 Å². The summed E-state index contributed by atoms with van der Waals surface area (Å²) in [6.45, 7) is 0.435. The molecule has 0 bridgehead atoms. The highest BCUT2D eigenvalue weighted by Crippen LogP contribution is 2.27. The molecule has 0 aromatic heterocycles. The molecule has 0 heterocycles. The first-order valence-electron chi connectivity index (χ1n) is 7.99. The Bertz CT molecular complexity index is 531. The molecule has 0 radical (unpaired) electrons. The van der Waals surface area contributed by atoms with Gasteiger partial charge in [-0.15, -0.1) is 0 Å². The average Bonchev–Trinajstić information content (AvgIpc) is 2.53. The predicted molar refractivity (Wildman–Crippen MR) is 92.2 cm³/mol. The Morgan fingerprint density at radius 2 is 2.00 bits per heavy atom. The van der Waals surface area contributed by atoms with Crippen molar-refractivity contribution in [2.45, 2.75) is 50.7 Å². The van der Waals surface area contributed by atoms with Crippen LogP contribution in [0.3, 0.4) is 0 Å². The Kier molecular flexibility index (Phi) is 7.00. The van der Waals surface area contributed by atoms with E-state index < -0.39 is 0 Å². The maximum absolute atomic E-state index is 12.2. The number of rotatable bonds is 6. The van der Waals surface area contributed by atoms with Gasteiger partial charge in [0.25, 0.3) is 0 Å². The van der Waals surface area contributed by atoms with E-state index in [1.165, 1.54) is 0 Å². The van der Waals surface area contributed by atoms with Crippen LogP contribution in [0.2, 0.25) is 10.0 Å². The van der Waals surface area contributed by atoms with Crippen molar-refractivity contribution in [2.75, 3.05) is 13.7 Å². The molecule has 1 aromatic rings. The van der Waals surface area contributed by atoms with Crippen LogP contribution in [-0.2, 0) is 4.79 Å². The highest BCUT2D eigenvalue weighted by atomic mass is 35.5. The summed E-state index contributed by atoms with van der Waals surface area (Å²) in [5.74, 6) is 0.704. The van der Waals surface area contributed by atoms with Crippen LogP contribution in [-0.4, -0.2) is 41.7 Å². The molecule has 4 nitrogen and oxygen atoms in total. The van der Waals surface area contributed by atoms with Crippen molar-refractivity contribution in [1.29, 1.82) is 0 Å². The van der Waals surface area contributed by atoms with Gasteiger partial charge in [-0.25, -0.2) is 0 Å². The lowest BCUT2D eigenvalue weighted by Gasteiger charge is -2.33. The molecule has 1 aromatic carbocycles. The van der Waals surface area contributed by atoms with Crippen molar-refractivity contribution < 1.29 is 14.6 Å². The molecular weight excluding hydrogens is 337 g/mol. The first-order chi connectivity index (χ1) is 11.0. The summed E-state index contributed by atoms with van der Waals surface area (Å²) in [6, 6.07) is 5.33. The Balaban J connectivity index is 1.70. The molecule has 23 heavy (non-hydrogen) atoms. The fourth-order valence-corrected chi connectivity index (χ4v) is 3.29. The van der Waals surface area contributed by atoms with E-state index in [0.29, 0.717) is 35.2 Å². The first kappa shape index (κ1) is 18.4. The van der Waals surface area contributed by atoms with Crippen molar-refractivity contribution in [1.82, 2.24) is 4.90 Å². The minimum Gasteiger partial charge on any atom is -0.492 e. The third kappa shape index (κ3) is 5.55. The molecule has 0 atom stereocenters. The second kappa shape index (κ2) is 8.76. The van der Waals surface area contributed by atoms with Gasteiger partial charge in [0.05, 0.1) is 17.7 Å². The largest absolute Gasteiger partial charge is 0.492 e. The molecule has 2 rings (SSSR count). The molecule has 6 heteroatoms. The van der Waals surface area contributed by atoms with E-state index in [2.05, 4.69) is 0 Å². The number of halogens is 2. The summed E-state index contributed by atoms with van der Waals surface area (Å²) in [5.41, 5.74) is 0. The molecule has 0 saturated heterocycles. The van der Waals surface area contributed by atoms with E-state index in [1.54, 1.807) is 18.2 Å². The molecule has 1 aliphatic carbocycles. The van der Waals surface area contributed by atoms with Crippen LogP contribution in [0.1, 0.15) is 38.5 Å². The quantitative estimate of drug-likeness (QED) is 0.783. The van der Waals surface area contributed by atoms with E-state index in [-0.39, 0.29) is 18.1 Å². The minimum atomic E-state index is -0.202. The second-order valence-corrected chi connectivity index (χ2v) is 6.84. The lowest BCUT2D eigenvalue weighted by molar-refractivity contribution is -0.133. The average molecular weight is 360 g/mol. The van der Waals surface area contributed by atoms with Crippen molar-refractivity contribution in [2.24, 2.45) is 0 Å². The van der Waals surface area contributed by atoms with Gasteiger partial charge in [0.1, 0.15) is 5.75 Å². The Labute approximate surface area is 147 Å². The van der Waals surface area contributed by atoms with Crippen LogP contribution in [0.15, 0.2) is 18.2 Å². The summed E-state index contributed by atoms with van der Waals surface area (Å²) >= 11 is 11.9. The first-order valence-corrected chi connectivity index (χ1v) is 8.74. The van der Waals surface area contributed by atoms with Crippen molar-refractivity contribution in [3.8, 4) is 5.75 Å². The molecule has 1 fully saturated rings. The number of aliphatic hydroxyl groups excluding tert-OH is 1. The molecule has 0 spiro atoms. The van der Waals surface area contributed by atoms with E-state index in [9.17, 15) is 9.90 Å². The number of hydrogen-bond donors (Lipinski definition) is 1. The van der Waals surface area contributed by atoms with E-state index in [0.717, 1.165) is 25.7 Å². The number of aliphatic hydroxyl groups is 1. The normalized spacial score (nSPS) is 21.0. The maximum Gasteiger partial charge on any atom is 0.222 e. The van der Waals surface area contributed by atoms with E-state index in [4.69, 9.17) is 27.9 Å². The highest BCUT2D eigenvalue weighted by molar-refractivity contribution is 6.35. The number of carbonyl (C=O) groups excluding carboxylic acids is 1. The van der Waals surface area contributed by atoms with Gasteiger partial charge in [-0.2, -0.15) is 0 Å². The molecule has 1 saturated carbocycles. The smallest absolute Gasteiger partial charge is 0.222 e. The third-order valence-electron chi connectivity index (χ3n) is 4.29. The van der Waals surface area contributed by atoms with Crippen LogP contribution in [0, 0.1) is 0 Å². The van der Waals surface area contributed by atoms with Crippen LogP contribution in [0.4, 0.5) is 0 Å². The molecular formula is C17H23Cl2NO3. The maximum atomic E-state index is 12.2. The Morgan fingerprint density at radius 3 is 2.65 bits per heavy atom. The van der Waals surface area contributed by atoms with Crippen molar-refractivity contribution in [3.05, 3.63) is 28.2 Å². The molecule has 0 unspecified atom stereocenters. The zero-order valence-corrected chi connectivity index (χ0v) is 14.8. The standard InChI is InChI=1S/C17H23Cl2NO3/c1-20(13-5-7-14(21)8-6-13)17(22)3-2-10-23-16-9-4-12(18)11-15(16)19/h4,9,11,13-14,21H,2-3,5-8,10H2,1H3. The summed E-state index contributed by atoms with van der Waals surface area (Å²) in [6.07, 6.45) is 4.19. The van der Waals surface area contributed by atoms with E-state index in [1.807, 2.05) is 11.9 Å². The van der Waals surface area contributed by atoms with Gasteiger partial charge in [0.2, 0.25) is 5.91 Å². The summed E-state index contributed by atoms with van der Waals surface area (Å²) in [4.78, 5) is 14.0. The topological polar surface area (TPSA) is 49.8 Å². The number of hydrogen-bond acceptors (Lipinski definition) is 3. The molecule has 0 aliphatic heterocycles. The number of carbonyl (C=O) groups is 1. The fraction of sp³-hybridized carbons (Fsp3) is 0.588. The minimum absolute atomic E-state index is 0.122. The van der Waals surface area contributed by atoms with Gasteiger partial charge >= 0.3 is 0 Å². The highest BCUT2D eigenvalue weighted by Gasteiger charge is 2.25. The Morgan fingerprint density at radius 1 is 1.30 bits per heavy atom. The van der Waals surface area contributed by atoms with Gasteiger partial charge in [-0.05, 0) is 50.3 Å².